The highest BCUT2D eigenvalue weighted by atomic mass is 32.2. The maximum Gasteiger partial charge on any atom is 0.239 e. The summed E-state index contributed by atoms with van der Waals surface area (Å²) in [6.45, 7) is 1.98. The number of nitrogen functional groups attached to an aromatic ring is 1. The molecule has 94 valence electrons. The van der Waals surface area contributed by atoms with E-state index < -0.39 is 21.5 Å². The Balaban J connectivity index is 2.76. The van der Waals surface area contributed by atoms with Crippen LogP contribution in [0.25, 0.3) is 0 Å². The molecule has 0 fully saturated rings. The minimum absolute atomic E-state index is 0.508. The van der Waals surface area contributed by atoms with Crippen molar-refractivity contribution in [1.29, 1.82) is 0 Å². The molecular formula is C11H16N2O3S. The topological polar surface area (TPSA) is 89.3 Å². The van der Waals surface area contributed by atoms with Crippen molar-refractivity contribution in [3.63, 3.8) is 0 Å². The fourth-order valence-corrected chi connectivity index (χ4v) is 1.98. The van der Waals surface area contributed by atoms with E-state index in [0.29, 0.717) is 11.4 Å². The molecule has 0 aromatic heterocycles. The Hall–Kier alpha value is -1.56. The van der Waals surface area contributed by atoms with Gasteiger partial charge in [0.2, 0.25) is 5.91 Å². The molecular weight excluding hydrogens is 240 g/mol. The van der Waals surface area contributed by atoms with Crippen LogP contribution in [-0.2, 0) is 21.1 Å². The Morgan fingerprint density at radius 2 is 2.06 bits per heavy atom. The van der Waals surface area contributed by atoms with Gasteiger partial charge in [-0.2, -0.15) is 0 Å². The lowest BCUT2D eigenvalue weighted by Gasteiger charge is -2.08. The summed E-state index contributed by atoms with van der Waals surface area (Å²) < 4.78 is 21.8. The smallest absolute Gasteiger partial charge is 0.239 e. The quantitative estimate of drug-likeness (QED) is 0.780. The molecule has 0 radical (unpaired) electrons. The molecule has 6 heteroatoms. The second kappa shape index (κ2) is 5.18. The molecule has 0 heterocycles. The van der Waals surface area contributed by atoms with Crippen LogP contribution in [0.3, 0.4) is 0 Å². The summed E-state index contributed by atoms with van der Waals surface area (Å²) in [6.07, 6.45) is 1.82. The van der Waals surface area contributed by atoms with Crippen molar-refractivity contribution in [3.05, 3.63) is 23.8 Å². The molecule has 1 amide bonds. The number of sulfone groups is 1. The second-order valence-corrected chi connectivity index (χ2v) is 6.03. The van der Waals surface area contributed by atoms with Crippen molar-refractivity contribution in [2.75, 3.05) is 23.1 Å². The third-order valence-corrected chi connectivity index (χ3v) is 2.99. The van der Waals surface area contributed by atoms with Crippen LogP contribution < -0.4 is 11.1 Å². The van der Waals surface area contributed by atoms with Gasteiger partial charge in [0, 0.05) is 17.6 Å². The lowest BCUT2D eigenvalue weighted by atomic mass is 10.1. The first kappa shape index (κ1) is 13.5. The highest BCUT2D eigenvalue weighted by molar-refractivity contribution is 7.91. The number of amides is 1. The maximum atomic E-state index is 11.4. The van der Waals surface area contributed by atoms with E-state index in [2.05, 4.69) is 5.32 Å². The van der Waals surface area contributed by atoms with Crippen molar-refractivity contribution in [2.24, 2.45) is 0 Å². The lowest BCUT2D eigenvalue weighted by molar-refractivity contribution is -0.113. The van der Waals surface area contributed by atoms with Crippen molar-refractivity contribution in [2.45, 2.75) is 13.3 Å². The number of hydrogen-bond donors (Lipinski definition) is 2. The molecule has 1 rings (SSSR count). The van der Waals surface area contributed by atoms with Crippen molar-refractivity contribution in [3.8, 4) is 0 Å². The first-order chi connectivity index (χ1) is 7.81. The van der Waals surface area contributed by atoms with E-state index in [1.807, 2.05) is 13.0 Å². The largest absolute Gasteiger partial charge is 0.398 e. The number of hydrogen-bond acceptors (Lipinski definition) is 4. The third-order valence-electron chi connectivity index (χ3n) is 2.20. The zero-order chi connectivity index (χ0) is 13.1. The van der Waals surface area contributed by atoms with Crippen LogP contribution >= 0.6 is 0 Å². The summed E-state index contributed by atoms with van der Waals surface area (Å²) in [6, 6.07) is 5.14. The van der Waals surface area contributed by atoms with Gasteiger partial charge in [-0.3, -0.25) is 4.79 Å². The van der Waals surface area contributed by atoms with E-state index in [1.165, 1.54) is 0 Å². The molecule has 0 bridgehead atoms. The predicted octanol–water partition coefficient (Wildman–Crippen LogP) is 0.814. The Bertz CT molecular complexity index is 524. The average Bonchev–Trinajstić information content (AvgIpc) is 2.14. The van der Waals surface area contributed by atoms with Gasteiger partial charge in [-0.1, -0.05) is 13.0 Å². The number of nitrogens with one attached hydrogen (secondary N) is 1. The van der Waals surface area contributed by atoms with Gasteiger partial charge < -0.3 is 11.1 Å². The van der Waals surface area contributed by atoms with E-state index in [9.17, 15) is 13.2 Å². The van der Waals surface area contributed by atoms with Gasteiger partial charge >= 0.3 is 0 Å². The molecule has 0 atom stereocenters. The van der Waals surface area contributed by atoms with Gasteiger partial charge in [0.25, 0.3) is 0 Å². The zero-order valence-electron chi connectivity index (χ0n) is 9.86. The van der Waals surface area contributed by atoms with Crippen LogP contribution in [0.5, 0.6) is 0 Å². The second-order valence-electron chi connectivity index (χ2n) is 3.89. The number of aryl methyl sites for hydroxylation is 1. The normalized spacial score (nSPS) is 11.2. The van der Waals surface area contributed by atoms with E-state index >= 15 is 0 Å². The summed E-state index contributed by atoms with van der Waals surface area (Å²) in [5.41, 5.74) is 7.85. The molecule has 0 unspecified atom stereocenters. The summed E-state index contributed by atoms with van der Waals surface area (Å²) in [5, 5.41) is 2.49. The summed E-state index contributed by atoms with van der Waals surface area (Å²) in [4.78, 5) is 11.4. The van der Waals surface area contributed by atoms with Gasteiger partial charge in [-0.25, -0.2) is 8.42 Å². The molecule has 0 spiro atoms. The summed E-state index contributed by atoms with van der Waals surface area (Å²) in [7, 11) is -3.31. The van der Waals surface area contributed by atoms with Gasteiger partial charge in [0.1, 0.15) is 5.75 Å². The Morgan fingerprint density at radius 3 is 2.53 bits per heavy atom. The molecule has 1 aromatic rings. The SMILES string of the molecule is CCc1ccc(NC(=O)CS(C)(=O)=O)cc1N. The lowest BCUT2D eigenvalue weighted by Crippen LogP contribution is -2.22. The Morgan fingerprint density at radius 1 is 1.41 bits per heavy atom. The molecule has 0 saturated carbocycles. The minimum atomic E-state index is -3.31. The zero-order valence-corrected chi connectivity index (χ0v) is 10.7. The Kier molecular flexibility index (Phi) is 4.11. The van der Waals surface area contributed by atoms with E-state index in [1.54, 1.807) is 12.1 Å². The van der Waals surface area contributed by atoms with Crippen LogP contribution in [0.4, 0.5) is 11.4 Å². The monoisotopic (exact) mass is 256 g/mol. The highest BCUT2D eigenvalue weighted by Crippen LogP contribution is 2.18. The van der Waals surface area contributed by atoms with Gasteiger partial charge in [0.15, 0.2) is 9.84 Å². The van der Waals surface area contributed by atoms with Crippen LogP contribution in [0.15, 0.2) is 18.2 Å². The fraction of sp³-hybridized carbons (Fsp3) is 0.364. The van der Waals surface area contributed by atoms with E-state index in [0.717, 1.165) is 18.2 Å². The molecule has 1 aromatic carbocycles. The number of anilines is 2. The van der Waals surface area contributed by atoms with E-state index in [4.69, 9.17) is 5.73 Å². The van der Waals surface area contributed by atoms with Gasteiger partial charge in [-0.05, 0) is 24.1 Å². The predicted molar refractivity (Wildman–Crippen MR) is 68.6 cm³/mol. The van der Waals surface area contributed by atoms with Crippen molar-refractivity contribution in [1.82, 2.24) is 0 Å². The standard InChI is InChI=1S/C11H16N2O3S/c1-3-8-4-5-9(6-10(8)12)13-11(14)7-17(2,15)16/h4-6H,3,7,12H2,1-2H3,(H,13,14). The van der Waals surface area contributed by atoms with Crippen LogP contribution in [0.1, 0.15) is 12.5 Å². The van der Waals surface area contributed by atoms with Crippen LogP contribution in [0, 0.1) is 0 Å². The highest BCUT2D eigenvalue weighted by Gasteiger charge is 2.11. The van der Waals surface area contributed by atoms with Crippen molar-refractivity contribution < 1.29 is 13.2 Å². The maximum absolute atomic E-state index is 11.4. The molecule has 0 aliphatic heterocycles. The molecule has 0 aliphatic rings. The number of nitrogens with two attached hydrogens (primary N) is 1. The molecule has 17 heavy (non-hydrogen) atoms. The van der Waals surface area contributed by atoms with Crippen LogP contribution in [0.2, 0.25) is 0 Å². The summed E-state index contributed by atoms with van der Waals surface area (Å²) >= 11 is 0. The number of benzene rings is 1. The summed E-state index contributed by atoms with van der Waals surface area (Å²) in [5.74, 6) is -1.08. The van der Waals surface area contributed by atoms with Crippen LogP contribution in [-0.4, -0.2) is 26.3 Å². The molecule has 0 aliphatic carbocycles. The average molecular weight is 256 g/mol. The van der Waals surface area contributed by atoms with Gasteiger partial charge in [-0.15, -0.1) is 0 Å². The molecule has 0 saturated heterocycles. The fourth-order valence-electron chi connectivity index (χ4n) is 1.43. The minimum Gasteiger partial charge on any atom is -0.398 e. The van der Waals surface area contributed by atoms with E-state index in [-0.39, 0.29) is 0 Å². The van der Waals surface area contributed by atoms with Crippen molar-refractivity contribution >= 4 is 27.1 Å². The molecule has 3 N–H and O–H groups in total. The number of carbonyl (C=O) groups excluding carboxylic acids is 1. The molecule has 5 nitrogen and oxygen atoms in total. The Labute approximate surface area is 101 Å². The number of rotatable bonds is 4. The number of carbonyl (C=O) groups is 1. The third kappa shape index (κ3) is 4.44. The first-order valence-electron chi connectivity index (χ1n) is 5.18. The van der Waals surface area contributed by atoms with Gasteiger partial charge in [0.05, 0.1) is 0 Å². The first-order valence-corrected chi connectivity index (χ1v) is 7.24.